The predicted molar refractivity (Wildman–Crippen MR) is 134 cm³/mol. The van der Waals surface area contributed by atoms with Gasteiger partial charge in [-0.3, -0.25) is 9.78 Å². The van der Waals surface area contributed by atoms with Gasteiger partial charge in [-0.25, -0.2) is 4.79 Å². The molecule has 0 bridgehead atoms. The largest absolute Gasteiger partial charge is 0.338 e. The predicted octanol–water partition coefficient (Wildman–Crippen LogP) is 4.83. The van der Waals surface area contributed by atoms with E-state index in [1.54, 1.807) is 4.57 Å². The second-order valence-electron chi connectivity index (χ2n) is 10.0. The van der Waals surface area contributed by atoms with Crippen LogP contribution < -0.4 is 16.2 Å². The van der Waals surface area contributed by atoms with E-state index in [2.05, 4.69) is 22.5 Å². The van der Waals surface area contributed by atoms with Gasteiger partial charge in [-0.05, 0) is 75.3 Å². The number of aryl methyl sites for hydroxylation is 2. The van der Waals surface area contributed by atoms with Gasteiger partial charge in [-0.1, -0.05) is 6.92 Å². The van der Waals surface area contributed by atoms with Crippen LogP contribution in [-0.2, 0) is 7.05 Å². The molecule has 6 nitrogen and oxygen atoms in total. The summed E-state index contributed by atoms with van der Waals surface area (Å²) >= 11 is 12.5. The van der Waals surface area contributed by atoms with Crippen LogP contribution in [0.1, 0.15) is 62.6 Å². The van der Waals surface area contributed by atoms with Crippen molar-refractivity contribution in [1.82, 2.24) is 20.2 Å². The number of carbonyl (C=O) groups excluding carboxylic acids is 1. The van der Waals surface area contributed by atoms with Gasteiger partial charge in [0.15, 0.2) is 0 Å². The molecule has 8 heteroatoms. The van der Waals surface area contributed by atoms with Gasteiger partial charge in [0.05, 0.1) is 10.9 Å². The van der Waals surface area contributed by atoms with E-state index in [-0.39, 0.29) is 34.3 Å². The molecule has 4 rings (SSSR count). The highest BCUT2D eigenvalue weighted by atomic mass is 35.5. The van der Waals surface area contributed by atoms with Gasteiger partial charge >= 0.3 is 6.03 Å². The molecule has 2 heterocycles. The van der Waals surface area contributed by atoms with Crippen LogP contribution in [0, 0.1) is 18.8 Å². The first-order valence-corrected chi connectivity index (χ1v) is 12.9. The maximum atomic E-state index is 13.2. The smallest absolute Gasteiger partial charge is 0.315 e. The lowest BCUT2D eigenvalue weighted by atomic mass is 9.74. The number of alkyl halides is 2. The van der Waals surface area contributed by atoms with Crippen molar-refractivity contribution in [1.29, 1.82) is 0 Å². The third-order valence-corrected chi connectivity index (χ3v) is 8.69. The van der Waals surface area contributed by atoms with E-state index in [4.69, 9.17) is 23.2 Å². The van der Waals surface area contributed by atoms with Gasteiger partial charge in [-0.2, -0.15) is 0 Å². The Bertz CT molecular complexity index is 1070. The third kappa shape index (κ3) is 5.48. The van der Waals surface area contributed by atoms with E-state index >= 15 is 0 Å². The van der Waals surface area contributed by atoms with Crippen molar-refractivity contribution >= 4 is 40.1 Å². The van der Waals surface area contributed by atoms with Crippen molar-refractivity contribution in [3.8, 4) is 0 Å². The fourth-order valence-corrected chi connectivity index (χ4v) is 6.07. The SMILES string of the molecule is Cc1cc2c(cn1)cc(C1CC(NC(=O)NCC3CCC(Cl)C(Cl)C3)CCC1C)c(=O)n2C. The fraction of sp³-hybridized carbons (Fsp3) is 0.640. The number of carbonyl (C=O) groups is 1. The molecule has 0 aliphatic heterocycles. The molecule has 2 fully saturated rings. The van der Waals surface area contributed by atoms with Crippen molar-refractivity contribution in [2.45, 2.75) is 75.1 Å². The lowest BCUT2D eigenvalue weighted by molar-refractivity contribution is 0.219. The number of urea groups is 1. The minimum atomic E-state index is -0.140. The molecule has 2 saturated carbocycles. The van der Waals surface area contributed by atoms with Gasteiger partial charge in [-0.15, -0.1) is 23.2 Å². The molecule has 33 heavy (non-hydrogen) atoms. The number of hydrogen-bond acceptors (Lipinski definition) is 3. The Morgan fingerprint density at radius 2 is 1.94 bits per heavy atom. The highest BCUT2D eigenvalue weighted by Gasteiger charge is 2.32. The summed E-state index contributed by atoms with van der Waals surface area (Å²) in [6.45, 7) is 4.75. The minimum Gasteiger partial charge on any atom is -0.338 e. The van der Waals surface area contributed by atoms with Gasteiger partial charge in [0.25, 0.3) is 5.56 Å². The van der Waals surface area contributed by atoms with Crippen LogP contribution in [0.15, 0.2) is 23.1 Å². The molecule has 180 valence electrons. The summed E-state index contributed by atoms with van der Waals surface area (Å²) in [7, 11) is 1.83. The molecule has 6 atom stereocenters. The second-order valence-corrected chi connectivity index (χ2v) is 11.1. The summed E-state index contributed by atoms with van der Waals surface area (Å²) in [6.07, 6.45) is 7.20. The van der Waals surface area contributed by atoms with Gasteiger partial charge in [0, 0.05) is 47.9 Å². The van der Waals surface area contributed by atoms with Crippen LogP contribution in [0.2, 0.25) is 0 Å². The van der Waals surface area contributed by atoms with Crippen molar-refractivity contribution in [3.63, 3.8) is 0 Å². The van der Waals surface area contributed by atoms with Crippen LogP contribution in [-0.4, -0.2) is 38.9 Å². The summed E-state index contributed by atoms with van der Waals surface area (Å²) in [6, 6.07) is 3.86. The number of amides is 2. The summed E-state index contributed by atoms with van der Waals surface area (Å²) in [5.41, 5.74) is 2.65. The number of aromatic nitrogens is 2. The van der Waals surface area contributed by atoms with Crippen LogP contribution in [0.4, 0.5) is 4.79 Å². The molecular weight excluding hydrogens is 459 g/mol. The Kier molecular flexibility index (Phi) is 7.54. The average Bonchev–Trinajstić information content (AvgIpc) is 2.79. The topological polar surface area (TPSA) is 76.0 Å². The first-order valence-electron chi connectivity index (χ1n) is 12.0. The fourth-order valence-electron chi connectivity index (χ4n) is 5.46. The number of fused-ring (bicyclic) bond motifs is 1. The van der Waals surface area contributed by atoms with Crippen LogP contribution >= 0.6 is 23.2 Å². The minimum absolute atomic E-state index is 0.0282. The Balaban J connectivity index is 1.41. The first-order chi connectivity index (χ1) is 15.7. The summed E-state index contributed by atoms with van der Waals surface area (Å²) in [5.74, 6) is 0.843. The molecule has 0 spiro atoms. The molecule has 2 amide bonds. The maximum Gasteiger partial charge on any atom is 0.315 e. The van der Waals surface area contributed by atoms with Crippen LogP contribution in [0.25, 0.3) is 10.9 Å². The molecule has 2 aromatic rings. The molecular formula is C25H34Cl2N4O2. The van der Waals surface area contributed by atoms with E-state index in [1.165, 1.54) is 0 Å². The van der Waals surface area contributed by atoms with Gasteiger partial charge in [0.2, 0.25) is 0 Å². The van der Waals surface area contributed by atoms with Crippen molar-refractivity contribution in [3.05, 3.63) is 39.9 Å². The van der Waals surface area contributed by atoms with Crippen LogP contribution in [0.3, 0.4) is 0 Å². The Hall–Kier alpha value is -1.79. The van der Waals surface area contributed by atoms with E-state index in [9.17, 15) is 9.59 Å². The van der Waals surface area contributed by atoms with E-state index in [1.807, 2.05) is 32.3 Å². The standard InChI is InChI=1S/C25H34Cl2N4O2/c1-14-4-6-18(30-25(33)29-12-16-5-7-21(26)22(27)9-16)11-19(14)20-10-17-13-28-15(2)8-23(17)31(3)24(20)32/h8,10,13-14,16,18-19,21-22H,4-7,9,11-12H2,1-3H3,(H2,29,30,33). The normalized spacial score (nSPS) is 30.2. The number of nitrogens with zero attached hydrogens (tertiary/aromatic N) is 2. The molecule has 0 aromatic carbocycles. The van der Waals surface area contributed by atoms with Gasteiger partial charge < -0.3 is 15.2 Å². The zero-order valence-corrected chi connectivity index (χ0v) is 21.1. The van der Waals surface area contributed by atoms with Gasteiger partial charge in [0.1, 0.15) is 0 Å². The highest BCUT2D eigenvalue weighted by molar-refractivity contribution is 6.30. The highest BCUT2D eigenvalue weighted by Crippen LogP contribution is 2.37. The number of nitrogens with one attached hydrogen (secondary N) is 2. The Morgan fingerprint density at radius 3 is 2.70 bits per heavy atom. The molecule has 2 aromatic heterocycles. The number of pyridine rings is 2. The summed E-state index contributed by atoms with van der Waals surface area (Å²) in [5, 5.41) is 7.15. The number of rotatable bonds is 4. The molecule has 0 saturated heterocycles. The third-order valence-electron chi connectivity index (χ3n) is 7.56. The Labute approximate surface area is 205 Å². The van der Waals surface area contributed by atoms with Crippen molar-refractivity contribution in [2.75, 3.05) is 6.54 Å². The zero-order chi connectivity index (χ0) is 23.7. The second kappa shape index (κ2) is 10.2. The summed E-state index contributed by atoms with van der Waals surface area (Å²) < 4.78 is 1.73. The average molecular weight is 493 g/mol. The molecule has 2 aliphatic rings. The molecule has 0 radical (unpaired) electrons. The van der Waals surface area contributed by atoms with E-state index < -0.39 is 0 Å². The van der Waals surface area contributed by atoms with Crippen molar-refractivity contribution < 1.29 is 4.79 Å². The van der Waals surface area contributed by atoms with Crippen molar-refractivity contribution in [2.24, 2.45) is 18.9 Å². The molecule has 2 aliphatic carbocycles. The van der Waals surface area contributed by atoms with E-state index in [0.29, 0.717) is 18.4 Å². The maximum absolute atomic E-state index is 13.2. The lowest BCUT2D eigenvalue weighted by Crippen LogP contribution is -2.47. The van der Waals surface area contributed by atoms with E-state index in [0.717, 1.165) is 60.7 Å². The number of halogens is 2. The van der Waals surface area contributed by atoms with Crippen LogP contribution in [0.5, 0.6) is 0 Å². The lowest BCUT2D eigenvalue weighted by Gasteiger charge is -2.35. The summed E-state index contributed by atoms with van der Waals surface area (Å²) in [4.78, 5) is 30.2. The Morgan fingerprint density at radius 1 is 1.15 bits per heavy atom. The zero-order valence-electron chi connectivity index (χ0n) is 19.6. The first kappa shape index (κ1) is 24.3. The monoisotopic (exact) mass is 492 g/mol. The number of hydrogen-bond donors (Lipinski definition) is 2. The quantitative estimate of drug-likeness (QED) is 0.600. The molecule has 2 N–H and O–H groups in total. The molecule has 6 unspecified atom stereocenters.